The summed E-state index contributed by atoms with van der Waals surface area (Å²) in [7, 11) is 0. The van der Waals surface area contributed by atoms with Crippen molar-refractivity contribution in [3.05, 3.63) is 23.3 Å². The zero-order valence-electron chi connectivity index (χ0n) is 11.8. The van der Waals surface area contributed by atoms with Crippen LogP contribution in [0.15, 0.2) is 17.0 Å². The number of ether oxygens (including phenoxy) is 1. The fourth-order valence-electron chi connectivity index (χ4n) is 2.57. The van der Waals surface area contributed by atoms with Gasteiger partial charge in [0, 0.05) is 29.6 Å². The molecule has 2 rings (SSSR count). The molecule has 1 aliphatic heterocycles. The summed E-state index contributed by atoms with van der Waals surface area (Å²) >= 11 is 1.76. The summed E-state index contributed by atoms with van der Waals surface area (Å²) in [4.78, 5) is 14.8. The molecule has 1 saturated heterocycles. The molecule has 1 aromatic carbocycles. The van der Waals surface area contributed by atoms with Crippen LogP contribution in [0.1, 0.15) is 24.0 Å². The lowest BCUT2D eigenvalue weighted by Crippen LogP contribution is -2.37. The van der Waals surface area contributed by atoms with Crippen molar-refractivity contribution >= 4 is 23.7 Å². The first-order chi connectivity index (χ1) is 9.19. The average Bonchev–Trinajstić information content (AvgIpc) is 2.47. The second-order valence-electron chi connectivity index (χ2n) is 4.85. The van der Waals surface area contributed by atoms with Gasteiger partial charge in [0.25, 0.3) is 0 Å². The summed E-state index contributed by atoms with van der Waals surface area (Å²) in [6.07, 6.45) is 3.12. The molecular formula is C15H21NO2S. The van der Waals surface area contributed by atoms with Gasteiger partial charge in [-0.15, -0.1) is 11.8 Å². The lowest BCUT2D eigenvalue weighted by Gasteiger charge is -2.33. The van der Waals surface area contributed by atoms with E-state index in [0.717, 1.165) is 38.2 Å². The maximum Gasteiger partial charge on any atom is 0.127 e. The number of carbonyl (C=O) groups excluding carboxylic acids is 1. The Kier molecular flexibility index (Phi) is 4.88. The molecule has 0 aliphatic carbocycles. The van der Waals surface area contributed by atoms with Crippen molar-refractivity contribution in [1.29, 1.82) is 0 Å². The molecule has 3 nitrogen and oxygen atoms in total. The number of anilines is 1. The molecule has 104 valence electrons. The molecule has 1 aliphatic rings. The van der Waals surface area contributed by atoms with Crippen LogP contribution in [-0.4, -0.2) is 38.8 Å². The third kappa shape index (κ3) is 2.95. The molecule has 0 spiro atoms. The molecular weight excluding hydrogens is 258 g/mol. The molecule has 0 radical (unpaired) electrons. The predicted molar refractivity (Wildman–Crippen MR) is 80.5 cm³/mol. The third-order valence-corrected chi connectivity index (χ3v) is 4.54. The molecule has 1 unspecified atom stereocenters. The number of rotatable bonds is 4. The maximum atomic E-state index is 11.2. The van der Waals surface area contributed by atoms with Crippen LogP contribution < -0.4 is 4.90 Å². The van der Waals surface area contributed by atoms with Crippen LogP contribution in [0.3, 0.4) is 0 Å². The van der Waals surface area contributed by atoms with E-state index in [4.69, 9.17) is 4.74 Å². The third-order valence-electron chi connectivity index (χ3n) is 3.65. The Morgan fingerprint density at radius 2 is 2.05 bits per heavy atom. The number of carbonyl (C=O) groups is 1. The Morgan fingerprint density at radius 1 is 1.37 bits per heavy atom. The molecule has 0 amide bonds. The van der Waals surface area contributed by atoms with Gasteiger partial charge in [-0.1, -0.05) is 13.0 Å². The Bertz CT molecular complexity index is 456. The highest BCUT2D eigenvalue weighted by molar-refractivity contribution is 7.98. The minimum Gasteiger partial charge on any atom is -0.378 e. The van der Waals surface area contributed by atoms with E-state index in [-0.39, 0.29) is 5.92 Å². The quantitative estimate of drug-likeness (QED) is 0.626. The van der Waals surface area contributed by atoms with E-state index in [1.165, 1.54) is 16.1 Å². The van der Waals surface area contributed by atoms with Crippen molar-refractivity contribution in [3.63, 3.8) is 0 Å². The Labute approximate surface area is 119 Å². The molecule has 1 heterocycles. The van der Waals surface area contributed by atoms with Crippen molar-refractivity contribution < 1.29 is 9.53 Å². The number of thioether (sulfide) groups is 1. The monoisotopic (exact) mass is 279 g/mol. The van der Waals surface area contributed by atoms with Crippen LogP contribution in [0.5, 0.6) is 0 Å². The maximum absolute atomic E-state index is 11.2. The van der Waals surface area contributed by atoms with Crippen molar-refractivity contribution in [3.8, 4) is 0 Å². The van der Waals surface area contributed by atoms with Crippen molar-refractivity contribution in [1.82, 2.24) is 0 Å². The molecule has 19 heavy (non-hydrogen) atoms. The van der Waals surface area contributed by atoms with E-state index < -0.39 is 0 Å². The Balaban J connectivity index is 2.48. The highest BCUT2D eigenvalue weighted by Gasteiger charge is 2.21. The average molecular weight is 279 g/mol. The van der Waals surface area contributed by atoms with Gasteiger partial charge in [-0.2, -0.15) is 0 Å². The number of benzene rings is 1. The fourth-order valence-corrected chi connectivity index (χ4v) is 3.18. The SMILES string of the molecule is CSc1ccc(C(C)C=O)c(N2CCOCC2)c1C. The van der Waals surface area contributed by atoms with E-state index in [2.05, 4.69) is 30.2 Å². The van der Waals surface area contributed by atoms with Gasteiger partial charge in [0.1, 0.15) is 6.29 Å². The van der Waals surface area contributed by atoms with Gasteiger partial charge in [-0.05, 0) is 30.4 Å². The van der Waals surface area contributed by atoms with Gasteiger partial charge in [0.05, 0.1) is 13.2 Å². The number of morpholine rings is 1. The van der Waals surface area contributed by atoms with E-state index in [9.17, 15) is 4.79 Å². The second-order valence-corrected chi connectivity index (χ2v) is 5.70. The van der Waals surface area contributed by atoms with Crippen LogP contribution in [-0.2, 0) is 9.53 Å². The van der Waals surface area contributed by atoms with Crippen LogP contribution in [0, 0.1) is 6.92 Å². The highest BCUT2D eigenvalue weighted by atomic mass is 32.2. The zero-order chi connectivity index (χ0) is 13.8. The lowest BCUT2D eigenvalue weighted by molar-refractivity contribution is -0.108. The minimum absolute atomic E-state index is 0.0625. The number of nitrogens with zero attached hydrogens (tertiary/aromatic N) is 1. The number of aldehydes is 1. The predicted octanol–water partition coefficient (Wildman–Crippen LogP) is 2.86. The van der Waals surface area contributed by atoms with Crippen LogP contribution in [0.25, 0.3) is 0 Å². The van der Waals surface area contributed by atoms with Crippen molar-refractivity contribution in [2.24, 2.45) is 0 Å². The molecule has 1 atom stereocenters. The van der Waals surface area contributed by atoms with E-state index in [1.54, 1.807) is 11.8 Å². The van der Waals surface area contributed by atoms with E-state index in [1.807, 2.05) is 6.92 Å². The minimum atomic E-state index is -0.0625. The summed E-state index contributed by atoms with van der Waals surface area (Å²) in [5, 5.41) is 0. The fraction of sp³-hybridized carbons (Fsp3) is 0.533. The molecule has 1 aromatic rings. The Hall–Kier alpha value is -1.00. The normalized spacial score (nSPS) is 17.3. The zero-order valence-corrected chi connectivity index (χ0v) is 12.6. The summed E-state index contributed by atoms with van der Waals surface area (Å²) < 4.78 is 5.43. The highest BCUT2D eigenvalue weighted by Crippen LogP contribution is 2.36. The summed E-state index contributed by atoms with van der Waals surface area (Å²) in [6.45, 7) is 7.44. The van der Waals surface area contributed by atoms with Gasteiger partial charge in [0.15, 0.2) is 0 Å². The van der Waals surface area contributed by atoms with E-state index >= 15 is 0 Å². The van der Waals surface area contributed by atoms with Gasteiger partial charge < -0.3 is 14.4 Å². The number of hydrogen-bond donors (Lipinski definition) is 0. The van der Waals surface area contributed by atoms with Gasteiger partial charge in [0.2, 0.25) is 0 Å². The molecule has 0 saturated carbocycles. The first-order valence-corrected chi connectivity index (χ1v) is 7.87. The summed E-state index contributed by atoms with van der Waals surface area (Å²) in [5.41, 5.74) is 3.64. The van der Waals surface area contributed by atoms with Gasteiger partial charge >= 0.3 is 0 Å². The standard InChI is InChI=1S/C15H21NO2S/c1-11(10-17)13-4-5-14(19-3)12(2)15(13)16-6-8-18-9-7-16/h4-5,10-11H,6-9H2,1-3H3. The number of hydrogen-bond acceptors (Lipinski definition) is 4. The van der Waals surface area contributed by atoms with Crippen LogP contribution in [0.2, 0.25) is 0 Å². The first kappa shape index (κ1) is 14.4. The van der Waals surface area contributed by atoms with Crippen molar-refractivity contribution in [2.45, 2.75) is 24.7 Å². The molecule has 4 heteroatoms. The second kappa shape index (κ2) is 6.44. The van der Waals surface area contributed by atoms with Crippen molar-refractivity contribution in [2.75, 3.05) is 37.5 Å². The van der Waals surface area contributed by atoms with E-state index in [0.29, 0.717) is 0 Å². The molecule has 0 aromatic heterocycles. The smallest absolute Gasteiger partial charge is 0.127 e. The molecule has 0 bridgehead atoms. The summed E-state index contributed by atoms with van der Waals surface area (Å²) in [5.74, 6) is -0.0625. The van der Waals surface area contributed by atoms with Crippen LogP contribution >= 0.6 is 11.8 Å². The largest absolute Gasteiger partial charge is 0.378 e. The molecule has 0 N–H and O–H groups in total. The van der Waals surface area contributed by atoms with Gasteiger partial charge in [-0.3, -0.25) is 0 Å². The molecule has 1 fully saturated rings. The Morgan fingerprint density at radius 3 is 2.63 bits per heavy atom. The van der Waals surface area contributed by atoms with Crippen LogP contribution in [0.4, 0.5) is 5.69 Å². The summed E-state index contributed by atoms with van der Waals surface area (Å²) in [6, 6.07) is 4.22. The first-order valence-electron chi connectivity index (χ1n) is 6.64. The van der Waals surface area contributed by atoms with Gasteiger partial charge in [-0.25, -0.2) is 0 Å². The topological polar surface area (TPSA) is 29.5 Å². The lowest BCUT2D eigenvalue weighted by atomic mass is 9.96.